The Morgan fingerprint density at radius 1 is 1.38 bits per heavy atom. The molecule has 0 spiro atoms. The van der Waals surface area contributed by atoms with E-state index in [1.165, 1.54) is 0 Å². The molecule has 0 aliphatic carbocycles. The molecule has 0 N–H and O–H groups in total. The normalized spacial score (nSPS) is 14.4. The van der Waals surface area contributed by atoms with Crippen molar-refractivity contribution >= 4 is 11.9 Å². The molecule has 1 heterocycles. The zero-order valence-corrected chi connectivity index (χ0v) is 9.29. The molecular formula is C13H14O3. The minimum Gasteiger partial charge on any atom is -0.482 e. The third-order valence-corrected chi connectivity index (χ3v) is 2.54. The molecule has 84 valence electrons. The summed E-state index contributed by atoms with van der Waals surface area (Å²) < 4.78 is 10.9. The molecule has 0 aromatic heterocycles. The van der Waals surface area contributed by atoms with Crippen molar-refractivity contribution < 1.29 is 14.3 Å². The third-order valence-electron chi connectivity index (χ3n) is 2.54. The maximum atomic E-state index is 11.2. The Labute approximate surface area is 94.7 Å². The number of carbonyl (C=O) groups is 1. The minimum atomic E-state index is -0.0431. The summed E-state index contributed by atoms with van der Waals surface area (Å²) in [4.78, 5) is 11.2. The third kappa shape index (κ3) is 1.94. The van der Waals surface area contributed by atoms with E-state index in [1.807, 2.05) is 19.1 Å². The maximum Gasteiger partial charge on any atom is 0.207 e. The standard InChI is InChI=1S/C13H14O3/c1-3-9-5-10(4-2)13-12(6-9)15-7-11(14)8-16-13/h3,5-6H,1,4,7-8H2,2H3. The average Bonchev–Trinajstić information content (AvgIpc) is 2.50. The summed E-state index contributed by atoms with van der Waals surface area (Å²) >= 11 is 0. The van der Waals surface area contributed by atoms with Gasteiger partial charge in [-0.25, -0.2) is 0 Å². The average molecular weight is 218 g/mol. The van der Waals surface area contributed by atoms with Crippen LogP contribution in [-0.2, 0) is 11.2 Å². The van der Waals surface area contributed by atoms with Crippen molar-refractivity contribution in [3.05, 3.63) is 29.8 Å². The fourth-order valence-corrected chi connectivity index (χ4v) is 1.69. The molecule has 3 nitrogen and oxygen atoms in total. The number of benzene rings is 1. The van der Waals surface area contributed by atoms with E-state index in [1.54, 1.807) is 6.08 Å². The van der Waals surface area contributed by atoms with Gasteiger partial charge >= 0.3 is 0 Å². The number of carbonyl (C=O) groups excluding carboxylic acids is 1. The molecule has 1 aliphatic heterocycles. The van der Waals surface area contributed by atoms with Crippen LogP contribution in [0.15, 0.2) is 18.7 Å². The van der Waals surface area contributed by atoms with Crippen LogP contribution in [0, 0.1) is 0 Å². The first kappa shape index (κ1) is 10.7. The Hall–Kier alpha value is -1.77. The Morgan fingerprint density at radius 3 is 2.81 bits per heavy atom. The molecule has 1 aromatic rings. The van der Waals surface area contributed by atoms with E-state index in [4.69, 9.17) is 9.47 Å². The molecular weight excluding hydrogens is 204 g/mol. The summed E-state index contributed by atoms with van der Waals surface area (Å²) in [6.45, 7) is 5.94. The lowest BCUT2D eigenvalue weighted by Crippen LogP contribution is -2.15. The molecule has 0 radical (unpaired) electrons. The van der Waals surface area contributed by atoms with Gasteiger partial charge in [-0.2, -0.15) is 0 Å². The summed E-state index contributed by atoms with van der Waals surface area (Å²) in [6, 6.07) is 3.85. The molecule has 3 heteroatoms. The number of hydrogen-bond acceptors (Lipinski definition) is 3. The molecule has 16 heavy (non-hydrogen) atoms. The van der Waals surface area contributed by atoms with Crippen LogP contribution in [0.4, 0.5) is 0 Å². The maximum absolute atomic E-state index is 11.2. The van der Waals surface area contributed by atoms with Gasteiger partial charge < -0.3 is 9.47 Å². The van der Waals surface area contributed by atoms with Gasteiger partial charge in [0.15, 0.2) is 24.7 Å². The van der Waals surface area contributed by atoms with Crippen molar-refractivity contribution in [3.8, 4) is 11.5 Å². The second-order valence-corrected chi connectivity index (χ2v) is 3.68. The Morgan fingerprint density at radius 2 is 2.12 bits per heavy atom. The Kier molecular flexibility index (Phi) is 2.95. The van der Waals surface area contributed by atoms with E-state index in [2.05, 4.69) is 6.58 Å². The van der Waals surface area contributed by atoms with Crippen LogP contribution in [0.2, 0.25) is 0 Å². The lowest BCUT2D eigenvalue weighted by molar-refractivity contribution is -0.122. The van der Waals surface area contributed by atoms with Gasteiger partial charge in [-0.15, -0.1) is 0 Å². The quantitative estimate of drug-likeness (QED) is 0.763. The topological polar surface area (TPSA) is 35.5 Å². The number of ketones is 1. The number of fused-ring (bicyclic) bond motifs is 1. The number of rotatable bonds is 2. The first-order chi connectivity index (χ1) is 7.74. The summed E-state index contributed by atoms with van der Waals surface area (Å²) in [7, 11) is 0. The van der Waals surface area contributed by atoms with Crippen molar-refractivity contribution in [3.63, 3.8) is 0 Å². The summed E-state index contributed by atoms with van der Waals surface area (Å²) in [5.41, 5.74) is 2.02. The van der Waals surface area contributed by atoms with E-state index >= 15 is 0 Å². The van der Waals surface area contributed by atoms with E-state index in [-0.39, 0.29) is 19.0 Å². The van der Waals surface area contributed by atoms with Crippen molar-refractivity contribution in [2.45, 2.75) is 13.3 Å². The molecule has 0 saturated heterocycles. The van der Waals surface area contributed by atoms with E-state index in [9.17, 15) is 4.79 Å². The van der Waals surface area contributed by atoms with Crippen molar-refractivity contribution in [2.24, 2.45) is 0 Å². The monoisotopic (exact) mass is 218 g/mol. The fraction of sp³-hybridized carbons (Fsp3) is 0.308. The summed E-state index contributed by atoms with van der Waals surface area (Å²) in [5.74, 6) is 1.29. The highest BCUT2D eigenvalue weighted by molar-refractivity contribution is 5.82. The van der Waals surface area contributed by atoms with Crippen molar-refractivity contribution in [1.82, 2.24) is 0 Å². The smallest absolute Gasteiger partial charge is 0.207 e. The second-order valence-electron chi connectivity index (χ2n) is 3.68. The zero-order chi connectivity index (χ0) is 11.5. The van der Waals surface area contributed by atoms with Gasteiger partial charge in [0.2, 0.25) is 5.78 Å². The van der Waals surface area contributed by atoms with E-state index < -0.39 is 0 Å². The number of Topliss-reactive ketones (excluding diaryl/α,β-unsaturated/α-hetero) is 1. The molecule has 1 aliphatic rings. The van der Waals surface area contributed by atoms with Crippen LogP contribution in [0.5, 0.6) is 11.5 Å². The predicted octanol–water partition coefficient (Wildman–Crippen LogP) is 2.23. The molecule has 1 aromatic carbocycles. The van der Waals surface area contributed by atoms with Crippen molar-refractivity contribution in [1.29, 1.82) is 0 Å². The summed E-state index contributed by atoms with van der Waals surface area (Å²) in [6.07, 6.45) is 2.59. The van der Waals surface area contributed by atoms with Crippen LogP contribution >= 0.6 is 0 Å². The lowest BCUT2D eigenvalue weighted by atomic mass is 10.1. The van der Waals surface area contributed by atoms with Gasteiger partial charge in [0.1, 0.15) is 0 Å². The molecule has 0 unspecified atom stereocenters. The fourth-order valence-electron chi connectivity index (χ4n) is 1.69. The lowest BCUT2D eigenvalue weighted by Gasteiger charge is -2.12. The summed E-state index contributed by atoms with van der Waals surface area (Å²) in [5, 5.41) is 0. The zero-order valence-electron chi connectivity index (χ0n) is 9.29. The van der Waals surface area contributed by atoms with E-state index in [0.29, 0.717) is 11.5 Å². The van der Waals surface area contributed by atoms with Crippen molar-refractivity contribution in [2.75, 3.05) is 13.2 Å². The highest BCUT2D eigenvalue weighted by atomic mass is 16.5. The van der Waals surface area contributed by atoms with Gasteiger partial charge in [0.05, 0.1) is 0 Å². The second kappa shape index (κ2) is 4.39. The largest absolute Gasteiger partial charge is 0.482 e. The van der Waals surface area contributed by atoms with Crippen LogP contribution in [0.25, 0.3) is 6.08 Å². The van der Waals surface area contributed by atoms with Crippen LogP contribution in [0.1, 0.15) is 18.1 Å². The number of hydrogen-bond donors (Lipinski definition) is 0. The van der Waals surface area contributed by atoms with E-state index in [0.717, 1.165) is 17.5 Å². The molecule has 0 bridgehead atoms. The van der Waals surface area contributed by atoms with Crippen LogP contribution < -0.4 is 9.47 Å². The first-order valence-corrected chi connectivity index (χ1v) is 5.31. The van der Waals surface area contributed by atoms with Gasteiger partial charge in [-0.1, -0.05) is 19.6 Å². The molecule has 0 atom stereocenters. The van der Waals surface area contributed by atoms with Crippen LogP contribution in [0.3, 0.4) is 0 Å². The molecule has 0 saturated carbocycles. The Bertz CT molecular complexity index is 435. The molecule has 2 rings (SSSR count). The molecule has 0 amide bonds. The SMILES string of the molecule is C=Cc1cc(CC)c2c(c1)OCC(=O)CO2. The number of ether oxygens (including phenoxy) is 2. The minimum absolute atomic E-state index is 0.0431. The molecule has 0 fully saturated rings. The van der Waals surface area contributed by atoms with Gasteiger partial charge in [0, 0.05) is 0 Å². The van der Waals surface area contributed by atoms with Gasteiger partial charge in [0.25, 0.3) is 0 Å². The Balaban J connectivity index is 2.48. The first-order valence-electron chi connectivity index (χ1n) is 5.31. The predicted molar refractivity (Wildman–Crippen MR) is 61.9 cm³/mol. The van der Waals surface area contributed by atoms with Gasteiger partial charge in [-0.05, 0) is 29.7 Å². The number of aryl methyl sites for hydroxylation is 1. The highest BCUT2D eigenvalue weighted by Crippen LogP contribution is 2.35. The highest BCUT2D eigenvalue weighted by Gasteiger charge is 2.18. The van der Waals surface area contributed by atoms with Crippen LogP contribution in [-0.4, -0.2) is 19.0 Å². The van der Waals surface area contributed by atoms with Gasteiger partial charge in [-0.3, -0.25) is 4.79 Å².